The molecule has 2 amide bonds. The van der Waals surface area contributed by atoms with Crippen LogP contribution in [0.15, 0.2) is 42.6 Å². The molecule has 0 bridgehead atoms. The number of aromatic nitrogens is 1. The van der Waals surface area contributed by atoms with E-state index in [-0.39, 0.29) is 30.3 Å². The van der Waals surface area contributed by atoms with Gasteiger partial charge in [0.2, 0.25) is 11.8 Å². The molecule has 0 saturated heterocycles. The van der Waals surface area contributed by atoms with Gasteiger partial charge in [0.15, 0.2) is 0 Å². The van der Waals surface area contributed by atoms with Gasteiger partial charge in [-0.3, -0.25) is 9.59 Å². The highest BCUT2D eigenvalue weighted by Crippen LogP contribution is 2.33. The first-order chi connectivity index (χ1) is 12.0. The molecule has 5 nitrogen and oxygen atoms in total. The second-order valence-electron chi connectivity index (χ2n) is 6.93. The summed E-state index contributed by atoms with van der Waals surface area (Å²) in [7, 11) is 0. The molecule has 2 aromatic rings. The van der Waals surface area contributed by atoms with Gasteiger partial charge in [0, 0.05) is 31.0 Å². The maximum absolute atomic E-state index is 12.8. The third-order valence-electron chi connectivity index (χ3n) is 4.48. The second-order valence-corrected chi connectivity index (χ2v) is 6.93. The summed E-state index contributed by atoms with van der Waals surface area (Å²) in [4.78, 5) is 26.7. The average molecular weight is 339 g/mol. The molecule has 1 N–H and O–H groups in total. The molecule has 1 aromatic heterocycles. The van der Waals surface area contributed by atoms with Crippen molar-refractivity contribution in [2.75, 3.05) is 6.54 Å². The standard InChI is InChI=1S/C20H25N3O2/c1-14(2)21-18(24)13-19(25)23-11-10-22-9-5-8-17(22)20(23)16-7-4-6-15(3)12-16/h4-9,12,14,20H,10-11,13H2,1-3H3,(H,21,24)/t20-/m0/s1. The topological polar surface area (TPSA) is 54.3 Å². The zero-order valence-electron chi connectivity index (χ0n) is 15.0. The van der Waals surface area contributed by atoms with Crippen LogP contribution in [0.1, 0.15) is 43.1 Å². The number of aryl methyl sites for hydroxylation is 1. The molecule has 25 heavy (non-hydrogen) atoms. The fourth-order valence-electron chi connectivity index (χ4n) is 3.45. The van der Waals surface area contributed by atoms with Gasteiger partial charge in [-0.25, -0.2) is 0 Å². The van der Waals surface area contributed by atoms with E-state index in [1.165, 1.54) is 0 Å². The highest BCUT2D eigenvalue weighted by Gasteiger charge is 2.32. The van der Waals surface area contributed by atoms with Crippen molar-refractivity contribution in [3.63, 3.8) is 0 Å². The number of nitrogens with zero attached hydrogens (tertiary/aromatic N) is 2. The van der Waals surface area contributed by atoms with Gasteiger partial charge in [-0.05, 0) is 38.5 Å². The number of fused-ring (bicyclic) bond motifs is 1. The molecule has 132 valence electrons. The van der Waals surface area contributed by atoms with Gasteiger partial charge in [-0.1, -0.05) is 29.8 Å². The molecule has 3 rings (SSSR count). The van der Waals surface area contributed by atoms with Crippen LogP contribution in [0.2, 0.25) is 0 Å². The lowest BCUT2D eigenvalue weighted by atomic mass is 9.98. The summed E-state index contributed by atoms with van der Waals surface area (Å²) in [5.74, 6) is -0.346. The minimum Gasteiger partial charge on any atom is -0.353 e. The predicted molar refractivity (Wildman–Crippen MR) is 97.1 cm³/mol. The Labute approximate surface area is 148 Å². The van der Waals surface area contributed by atoms with Gasteiger partial charge in [-0.15, -0.1) is 0 Å². The zero-order chi connectivity index (χ0) is 18.0. The van der Waals surface area contributed by atoms with E-state index < -0.39 is 0 Å². The first-order valence-electron chi connectivity index (χ1n) is 8.76. The molecule has 1 aliphatic rings. The second kappa shape index (κ2) is 7.13. The maximum Gasteiger partial charge on any atom is 0.232 e. The van der Waals surface area contributed by atoms with Crippen LogP contribution >= 0.6 is 0 Å². The molecule has 1 atom stereocenters. The predicted octanol–water partition coefficient (Wildman–Crippen LogP) is 2.64. The average Bonchev–Trinajstić information content (AvgIpc) is 3.01. The van der Waals surface area contributed by atoms with Crippen LogP contribution in [0.4, 0.5) is 0 Å². The number of nitrogens with one attached hydrogen (secondary N) is 1. The van der Waals surface area contributed by atoms with E-state index in [0.29, 0.717) is 6.54 Å². The van der Waals surface area contributed by atoms with Crippen LogP contribution in [0.25, 0.3) is 0 Å². The first kappa shape index (κ1) is 17.3. The number of amides is 2. The van der Waals surface area contributed by atoms with E-state index in [2.05, 4.69) is 28.1 Å². The van der Waals surface area contributed by atoms with Crippen LogP contribution < -0.4 is 5.32 Å². The van der Waals surface area contributed by atoms with Crippen molar-refractivity contribution in [2.45, 2.75) is 45.8 Å². The Morgan fingerprint density at radius 1 is 1.20 bits per heavy atom. The van der Waals surface area contributed by atoms with E-state index in [1.807, 2.05) is 50.1 Å². The SMILES string of the molecule is Cc1cccc([C@H]2c3cccn3CCN2C(=O)CC(=O)NC(C)C)c1. The molecule has 0 spiro atoms. The van der Waals surface area contributed by atoms with E-state index in [0.717, 1.165) is 23.4 Å². The van der Waals surface area contributed by atoms with E-state index in [1.54, 1.807) is 0 Å². The van der Waals surface area contributed by atoms with E-state index >= 15 is 0 Å². The summed E-state index contributed by atoms with van der Waals surface area (Å²) >= 11 is 0. The molecule has 0 aliphatic carbocycles. The lowest BCUT2D eigenvalue weighted by molar-refractivity contribution is -0.138. The van der Waals surface area contributed by atoms with Gasteiger partial charge < -0.3 is 14.8 Å². The van der Waals surface area contributed by atoms with Crippen molar-refractivity contribution in [3.8, 4) is 0 Å². The smallest absolute Gasteiger partial charge is 0.232 e. The van der Waals surface area contributed by atoms with Crippen LogP contribution in [-0.4, -0.2) is 33.9 Å². The van der Waals surface area contributed by atoms with Gasteiger partial charge >= 0.3 is 0 Å². The molecule has 0 unspecified atom stereocenters. The highest BCUT2D eigenvalue weighted by molar-refractivity contribution is 5.97. The van der Waals surface area contributed by atoms with Gasteiger partial charge in [-0.2, -0.15) is 0 Å². The fourth-order valence-corrected chi connectivity index (χ4v) is 3.45. The Balaban J connectivity index is 1.89. The van der Waals surface area contributed by atoms with Crippen molar-refractivity contribution in [3.05, 3.63) is 59.4 Å². The number of carbonyl (C=O) groups excluding carboxylic acids is 2. The summed E-state index contributed by atoms with van der Waals surface area (Å²) in [6.45, 7) is 7.20. The minimum atomic E-state index is -0.219. The third-order valence-corrected chi connectivity index (χ3v) is 4.48. The molecule has 0 saturated carbocycles. The summed E-state index contributed by atoms with van der Waals surface area (Å²) in [5.41, 5.74) is 3.33. The minimum absolute atomic E-state index is 0.0338. The maximum atomic E-state index is 12.8. The molecule has 5 heteroatoms. The Bertz CT molecular complexity index is 779. The number of hydrogen-bond acceptors (Lipinski definition) is 2. The Morgan fingerprint density at radius 2 is 2.00 bits per heavy atom. The van der Waals surface area contributed by atoms with Crippen molar-refractivity contribution in [1.29, 1.82) is 0 Å². The Kier molecular flexibility index (Phi) is 4.93. The number of hydrogen-bond donors (Lipinski definition) is 1. The summed E-state index contributed by atoms with van der Waals surface area (Å²) < 4.78 is 2.19. The van der Waals surface area contributed by atoms with Crippen LogP contribution in [0, 0.1) is 6.92 Å². The molecule has 1 aromatic carbocycles. The van der Waals surface area contributed by atoms with Crippen molar-refractivity contribution >= 4 is 11.8 Å². The molecule has 2 heterocycles. The lowest BCUT2D eigenvalue weighted by Gasteiger charge is -2.37. The Morgan fingerprint density at radius 3 is 2.72 bits per heavy atom. The Hall–Kier alpha value is -2.56. The molecule has 1 aliphatic heterocycles. The lowest BCUT2D eigenvalue weighted by Crippen LogP contribution is -2.44. The van der Waals surface area contributed by atoms with E-state index in [9.17, 15) is 9.59 Å². The monoisotopic (exact) mass is 339 g/mol. The summed E-state index contributed by atoms with van der Waals surface area (Å²) in [6.07, 6.45) is 1.94. The van der Waals surface area contributed by atoms with Crippen molar-refractivity contribution in [1.82, 2.24) is 14.8 Å². The highest BCUT2D eigenvalue weighted by atomic mass is 16.2. The molecule has 0 fully saturated rings. The first-order valence-corrected chi connectivity index (χ1v) is 8.76. The molecular weight excluding hydrogens is 314 g/mol. The summed E-state index contributed by atoms with van der Waals surface area (Å²) in [5, 5.41) is 2.80. The van der Waals surface area contributed by atoms with Crippen molar-refractivity contribution < 1.29 is 9.59 Å². The number of rotatable bonds is 4. The number of benzene rings is 1. The third kappa shape index (κ3) is 3.76. The fraction of sp³-hybridized carbons (Fsp3) is 0.400. The van der Waals surface area contributed by atoms with Crippen molar-refractivity contribution in [2.24, 2.45) is 0 Å². The van der Waals surface area contributed by atoms with Crippen LogP contribution in [0.5, 0.6) is 0 Å². The van der Waals surface area contributed by atoms with E-state index in [4.69, 9.17) is 0 Å². The zero-order valence-corrected chi connectivity index (χ0v) is 15.0. The molecule has 0 radical (unpaired) electrons. The molecular formula is C20H25N3O2. The van der Waals surface area contributed by atoms with Gasteiger partial charge in [0.1, 0.15) is 6.42 Å². The van der Waals surface area contributed by atoms with Gasteiger partial charge in [0.05, 0.1) is 6.04 Å². The number of carbonyl (C=O) groups is 2. The van der Waals surface area contributed by atoms with Gasteiger partial charge in [0.25, 0.3) is 0 Å². The summed E-state index contributed by atoms with van der Waals surface area (Å²) in [6, 6.07) is 12.2. The normalized spacial score (nSPS) is 16.6. The quantitative estimate of drug-likeness (QED) is 0.871. The largest absolute Gasteiger partial charge is 0.353 e. The van der Waals surface area contributed by atoms with Crippen LogP contribution in [0.3, 0.4) is 0 Å². The van der Waals surface area contributed by atoms with Crippen LogP contribution in [-0.2, 0) is 16.1 Å².